The fourth-order valence-corrected chi connectivity index (χ4v) is 4.70. The maximum absolute atomic E-state index is 13.4. The molecule has 3 atom stereocenters. The molecule has 0 aromatic rings. The SMILES string of the molecule is CCOC(=O)/C=C/CC[C@@H](C(=O)C[C@H](C(=O)N1CCC[C@H]1C(=O)OC)C(C)C)N1CCCC1=O. The van der Waals surface area contributed by atoms with Gasteiger partial charge >= 0.3 is 11.9 Å². The van der Waals surface area contributed by atoms with Crippen LogP contribution in [-0.4, -0.2) is 78.2 Å². The average Bonchev–Trinajstić information content (AvgIpc) is 3.45. The van der Waals surface area contributed by atoms with Crippen LogP contribution in [0.15, 0.2) is 12.2 Å². The molecule has 0 saturated carbocycles. The molecule has 0 unspecified atom stereocenters. The monoisotopic (exact) mass is 478 g/mol. The molecule has 0 spiro atoms. The molecule has 0 aromatic carbocycles. The van der Waals surface area contributed by atoms with Crippen LogP contribution in [0.5, 0.6) is 0 Å². The van der Waals surface area contributed by atoms with Crippen LogP contribution in [0.3, 0.4) is 0 Å². The zero-order chi connectivity index (χ0) is 25.3. The molecular formula is C25H38N2O7. The normalized spacial score (nSPS) is 20.1. The van der Waals surface area contributed by atoms with Crippen LogP contribution in [0, 0.1) is 11.8 Å². The minimum absolute atomic E-state index is 0.00305. The van der Waals surface area contributed by atoms with Crippen LogP contribution in [0.4, 0.5) is 0 Å². The summed E-state index contributed by atoms with van der Waals surface area (Å²) in [4.78, 5) is 66.0. The van der Waals surface area contributed by atoms with Crippen molar-refractivity contribution in [3.05, 3.63) is 12.2 Å². The van der Waals surface area contributed by atoms with Crippen molar-refractivity contribution >= 4 is 29.5 Å². The van der Waals surface area contributed by atoms with E-state index < -0.39 is 29.9 Å². The Kier molecular flexibility index (Phi) is 10.7. The summed E-state index contributed by atoms with van der Waals surface area (Å²) in [5.41, 5.74) is 0. The highest BCUT2D eigenvalue weighted by atomic mass is 16.5. The van der Waals surface area contributed by atoms with Gasteiger partial charge in [-0.2, -0.15) is 0 Å². The molecule has 2 saturated heterocycles. The number of hydrogen-bond donors (Lipinski definition) is 0. The van der Waals surface area contributed by atoms with Crippen molar-refractivity contribution in [3.63, 3.8) is 0 Å². The number of esters is 2. The van der Waals surface area contributed by atoms with E-state index >= 15 is 0 Å². The minimum Gasteiger partial charge on any atom is -0.467 e. The third-order valence-electron chi connectivity index (χ3n) is 6.56. The molecular weight excluding hydrogens is 440 g/mol. The van der Waals surface area contributed by atoms with E-state index in [1.54, 1.807) is 22.8 Å². The Morgan fingerprint density at radius 1 is 1.15 bits per heavy atom. The summed E-state index contributed by atoms with van der Waals surface area (Å²) in [6.07, 6.45) is 6.14. The average molecular weight is 479 g/mol. The summed E-state index contributed by atoms with van der Waals surface area (Å²) in [6, 6.07) is -1.26. The van der Waals surface area contributed by atoms with Crippen molar-refractivity contribution in [2.45, 2.75) is 77.8 Å². The summed E-state index contributed by atoms with van der Waals surface area (Å²) in [7, 11) is 1.31. The number of nitrogens with zero attached hydrogens (tertiary/aromatic N) is 2. The molecule has 34 heavy (non-hydrogen) atoms. The van der Waals surface area contributed by atoms with E-state index in [9.17, 15) is 24.0 Å². The molecule has 2 aliphatic heterocycles. The van der Waals surface area contributed by atoms with Crippen molar-refractivity contribution in [2.75, 3.05) is 26.8 Å². The molecule has 0 N–H and O–H groups in total. The van der Waals surface area contributed by atoms with Crippen LogP contribution >= 0.6 is 0 Å². The maximum atomic E-state index is 13.4. The molecule has 0 radical (unpaired) electrons. The van der Waals surface area contributed by atoms with Crippen LogP contribution in [0.1, 0.15) is 65.7 Å². The number of likely N-dealkylation sites (tertiary alicyclic amines) is 2. The minimum atomic E-state index is -0.647. The number of carbonyl (C=O) groups excluding carboxylic acids is 5. The van der Waals surface area contributed by atoms with Gasteiger partial charge in [-0.05, 0) is 44.9 Å². The molecule has 0 bridgehead atoms. The fraction of sp³-hybridized carbons (Fsp3) is 0.720. The van der Waals surface area contributed by atoms with Gasteiger partial charge < -0.3 is 19.3 Å². The van der Waals surface area contributed by atoms with Gasteiger partial charge in [-0.25, -0.2) is 9.59 Å². The van der Waals surface area contributed by atoms with E-state index in [4.69, 9.17) is 9.47 Å². The predicted octanol–water partition coefficient (Wildman–Crippen LogP) is 2.27. The summed E-state index contributed by atoms with van der Waals surface area (Å²) in [6.45, 7) is 6.75. The highest BCUT2D eigenvalue weighted by Crippen LogP contribution is 2.28. The van der Waals surface area contributed by atoms with Crippen LogP contribution in [0.25, 0.3) is 0 Å². The molecule has 2 rings (SSSR count). The Morgan fingerprint density at radius 2 is 1.88 bits per heavy atom. The predicted molar refractivity (Wildman–Crippen MR) is 124 cm³/mol. The van der Waals surface area contributed by atoms with E-state index in [0.29, 0.717) is 51.6 Å². The van der Waals surface area contributed by atoms with Crippen molar-refractivity contribution in [2.24, 2.45) is 11.8 Å². The zero-order valence-corrected chi connectivity index (χ0v) is 20.8. The lowest BCUT2D eigenvalue weighted by molar-refractivity contribution is -0.153. The van der Waals surface area contributed by atoms with Crippen LogP contribution in [-0.2, 0) is 33.4 Å². The largest absolute Gasteiger partial charge is 0.467 e. The summed E-state index contributed by atoms with van der Waals surface area (Å²) >= 11 is 0. The molecule has 0 aromatic heterocycles. The topological polar surface area (TPSA) is 110 Å². The molecule has 2 aliphatic rings. The summed E-state index contributed by atoms with van der Waals surface area (Å²) < 4.78 is 9.73. The lowest BCUT2D eigenvalue weighted by Gasteiger charge is -2.31. The number of amides is 2. The Hall–Kier alpha value is -2.71. The van der Waals surface area contributed by atoms with Gasteiger partial charge in [-0.3, -0.25) is 14.4 Å². The van der Waals surface area contributed by atoms with Crippen molar-refractivity contribution in [1.29, 1.82) is 0 Å². The lowest BCUT2D eigenvalue weighted by atomic mass is 9.86. The first-order valence-electron chi connectivity index (χ1n) is 12.2. The van der Waals surface area contributed by atoms with Gasteiger partial charge in [0, 0.05) is 37.9 Å². The van der Waals surface area contributed by atoms with Crippen molar-refractivity contribution in [1.82, 2.24) is 9.80 Å². The smallest absolute Gasteiger partial charge is 0.330 e. The van der Waals surface area contributed by atoms with E-state index in [-0.39, 0.29) is 36.5 Å². The molecule has 9 nitrogen and oxygen atoms in total. The molecule has 2 amide bonds. The Morgan fingerprint density at radius 3 is 2.47 bits per heavy atom. The summed E-state index contributed by atoms with van der Waals surface area (Å²) in [5, 5.41) is 0. The quantitative estimate of drug-likeness (QED) is 0.313. The fourth-order valence-electron chi connectivity index (χ4n) is 4.70. The molecule has 2 heterocycles. The van der Waals surface area contributed by atoms with Crippen molar-refractivity contribution < 1.29 is 33.4 Å². The molecule has 0 aliphatic carbocycles. The third kappa shape index (κ3) is 7.14. The highest BCUT2D eigenvalue weighted by molar-refractivity contribution is 5.94. The Labute approximate surface area is 201 Å². The zero-order valence-electron chi connectivity index (χ0n) is 20.8. The first-order valence-corrected chi connectivity index (χ1v) is 12.2. The van der Waals surface area contributed by atoms with Gasteiger partial charge in [0.05, 0.1) is 19.8 Å². The standard InChI is InChI=1S/C25H38N2O7/c1-5-34-23(30)13-7-6-10-19(26-14-9-12-22(26)29)21(28)16-18(17(2)3)24(31)27-15-8-11-20(27)25(32)33-4/h7,13,17-20H,5-6,8-12,14-16H2,1-4H3/b13-7+/t18-,19-,20-/m0/s1. The van der Waals surface area contributed by atoms with E-state index in [1.807, 2.05) is 13.8 Å². The first kappa shape index (κ1) is 27.5. The summed E-state index contributed by atoms with van der Waals surface area (Å²) in [5.74, 6) is -2.04. The molecule has 190 valence electrons. The van der Waals surface area contributed by atoms with Gasteiger partial charge in [0.25, 0.3) is 0 Å². The van der Waals surface area contributed by atoms with Crippen LogP contribution < -0.4 is 0 Å². The van der Waals surface area contributed by atoms with Gasteiger partial charge in [-0.1, -0.05) is 19.9 Å². The van der Waals surface area contributed by atoms with Crippen molar-refractivity contribution in [3.8, 4) is 0 Å². The van der Waals surface area contributed by atoms with E-state index in [0.717, 1.165) is 0 Å². The number of ketones is 1. The molecule has 9 heteroatoms. The second-order valence-corrected chi connectivity index (χ2v) is 9.17. The Balaban J connectivity index is 2.13. The van der Waals surface area contributed by atoms with Gasteiger partial charge in [-0.15, -0.1) is 0 Å². The number of Topliss-reactive ketones (excluding diaryl/α,β-unsaturated/α-hetero) is 1. The third-order valence-corrected chi connectivity index (χ3v) is 6.56. The van der Waals surface area contributed by atoms with Gasteiger partial charge in [0.2, 0.25) is 11.8 Å². The highest BCUT2D eigenvalue weighted by Gasteiger charge is 2.41. The van der Waals surface area contributed by atoms with E-state index in [2.05, 4.69) is 0 Å². The number of rotatable bonds is 12. The van der Waals surface area contributed by atoms with Gasteiger partial charge in [0.1, 0.15) is 6.04 Å². The first-order chi connectivity index (χ1) is 16.2. The second kappa shape index (κ2) is 13.2. The second-order valence-electron chi connectivity index (χ2n) is 9.17. The number of allylic oxidation sites excluding steroid dienone is 1. The number of hydrogen-bond acceptors (Lipinski definition) is 7. The van der Waals surface area contributed by atoms with Crippen LogP contribution in [0.2, 0.25) is 0 Å². The molecule has 2 fully saturated rings. The number of carbonyl (C=O) groups is 5. The maximum Gasteiger partial charge on any atom is 0.330 e. The number of ether oxygens (including phenoxy) is 2. The van der Waals surface area contributed by atoms with E-state index in [1.165, 1.54) is 13.2 Å². The number of methoxy groups -OCH3 is 1. The Bertz CT molecular complexity index is 792. The lowest BCUT2D eigenvalue weighted by Crippen LogP contribution is -2.47. The van der Waals surface area contributed by atoms with Gasteiger partial charge in [0.15, 0.2) is 5.78 Å².